The second-order valence-corrected chi connectivity index (χ2v) is 6.23. The van der Waals surface area contributed by atoms with Crippen LogP contribution in [0, 0.1) is 5.41 Å². The summed E-state index contributed by atoms with van der Waals surface area (Å²) in [4.78, 5) is 2.70. The molecule has 1 heteroatoms. The SMILES string of the molecule is CC(C)N(CCC(C)(C)C)C1CCC1. The van der Waals surface area contributed by atoms with Crippen molar-refractivity contribution in [3.63, 3.8) is 0 Å². The van der Waals surface area contributed by atoms with Crippen molar-refractivity contribution >= 4 is 0 Å². The normalized spacial score (nSPS) is 19.1. The van der Waals surface area contributed by atoms with Crippen LogP contribution in [0.4, 0.5) is 0 Å². The molecule has 0 radical (unpaired) electrons. The van der Waals surface area contributed by atoms with Crippen LogP contribution in [0.2, 0.25) is 0 Å². The molecule has 0 aliphatic heterocycles. The maximum absolute atomic E-state index is 2.70. The lowest BCUT2D eigenvalue weighted by atomic mass is 9.88. The van der Waals surface area contributed by atoms with Crippen LogP contribution < -0.4 is 0 Å². The molecule has 0 aromatic carbocycles. The molecule has 0 N–H and O–H groups in total. The lowest BCUT2D eigenvalue weighted by molar-refractivity contribution is 0.0817. The molecule has 0 bridgehead atoms. The number of hydrogen-bond acceptors (Lipinski definition) is 1. The van der Waals surface area contributed by atoms with E-state index in [-0.39, 0.29) is 0 Å². The van der Waals surface area contributed by atoms with E-state index in [4.69, 9.17) is 0 Å². The number of rotatable bonds is 4. The molecule has 0 saturated heterocycles. The minimum Gasteiger partial charge on any atom is -0.298 e. The molecular weight excluding hydrogens is 170 g/mol. The van der Waals surface area contributed by atoms with E-state index in [2.05, 4.69) is 39.5 Å². The minimum atomic E-state index is 0.483. The zero-order chi connectivity index (χ0) is 10.8. The van der Waals surface area contributed by atoms with E-state index in [1.165, 1.54) is 32.2 Å². The second kappa shape index (κ2) is 4.65. The molecule has 1 rings (SSSR count). The lowest BCUT2D eigenvalue weighted by Gasteiger charge is -2.41. The highest BCUT2D eigenvalue weighted by atomic mass is 15.2. The van der Waals surface area contributed by atoms with Gasteiger partial charge in [-0.25, -0.2) is 0 Å². The molecule has 1 aliphatic carbocycles. The van der Waals surface area contributed by atoms with Crippen LogP contribution in [0.5, 0.6) is 0 Å². The molecule has 84 valence electrons. The summed E-state index contributed by atoms with van der Waals surface area (Å²) in [6, 6.07) is 1.62. The Hall–Kier alpha value is -0.0400. The fourth-order valence-electron chi connectivity index (χ4n) is 2.05. The summed E-state index contributed by atoms with van der Waals surface area (Å²) in [6.07, 6.45) is 5.63. The molecule has 0 aromatic rings. The predicted molar refractivity (Wildman–Crippen MR) is 63.6 cm³/mol. The highest BCUT2D eigenvalue weighted by Crippen LogP contribution is 2.28. The zero-order valence-corrected chi connectivity index (χ0v) is 10.6. The van der Waals surface area contributed by atoms with Gasteiger partial charge in [-0.2, -0.15) is 0 Å². The number of hydrogen-bond donors (Lipinski definition) is 0. The zero-order valence-electron chi connectivity index (χ0n) is 10.6. The first-order valence-electron chi connectivity index (χ1n) is 6.16. The van der Waals surface area contributed by atoms with Gasteiger partial charge in [0, 0.05) is 12.1 Å². The Morgan fingerprint density at radius 3 is 2.07 bits per heavy atom. The molecule has 1 saturated carbocycles. The predicted octanol–water partition coefficient (Wildman–Crippen LogP) is 3.69. The standard InChI is InChI=1S/C13H27N/c1-11(2)14(12-7-6-8-12)10-9-13(3,4)5/h11-12H,6-10H2,1-5H3. The van der Waals surface area contributed by atoms with Crippen LogP contribution in [0.25, 0.3) is 0 Å². The van der Waals surface area contributed by atoms with Crippen LogP contribution in [-0.4, -0.2) is 23.5 Å². The summed E-state index contributed by atoms with van der Waals surface area (Å²) in [6.45, 7) is 13.0. The van der Waals surface area contributed by atoms with Crippen molar-refractivity contribution in [1.82, 2.24) is 4.90 Å². The fourth-order valence-corrected chi connectivity index (χ4v) is 2.05. The third kappa shape index (κ3) is 3.61. The van der Waals surface area contributed by atoms with Crippen LogP contribution in [-0.2, 0) is 0 Å². The summed E-state index contributed by atoms with van der Waals surface area (Å²) >= 11 is 0. The van der Waals surface area contributed by atoms with E-state index in [1.54, 1.807) is 0 Å². The maximum Gasteiger partial charge on any atom is 0.00979 e. The average molecular weight is 197 g/mol. The Bertz CT molecular complexity index is 163. The summed E-state index contributed by atoms with van der Waals surface area (Å²) in [5.41, 5.74) is 0.483. The molecule has 14 heavy (non-hydrogen) atoms. The van der Waals surface area contributed by atoms with Gasteiger partial charge in [-0.3, -0.25) is 4.90 Å². The summed E-state index contributed by atoms with van der Waals surface area (Å²) in [5, 5.41) is 0. The number of nitrogens with zero attached hydrogens (tertiary/aromatic N) is 1. The van der Waals surface area contributed by atoms with Crippen LogP contribution in [0.1, 0.15) is 60.3 Å². The van der Waals surface area contributed by atoms with Crippen molar-refractivity contribution in [2.75, 3.05) is 6.54 Å². The van der Waals surface area contributed by atoms with Gasteiger partial charge in [0.25, 0.3) is 0 Å². The van der Waals surface area contributed by atoms with Crippen molar-refractivity contribution in [3.8, 4) is 0 Å². The van der Waals surface area contributed by atoms with Crippen molar-refractivity contribution in [1.29, 1.82) is 0 Å². The van der Waals surface area contributed by atoms with E-state index < -0.39 is 0 Å². The summed E-state index contributed by atoms with van der Waals surface area (Å²) < 4.78 is 0. The first-order valence-corrected chi connectivity index (χ1v) is 6.16. The molecule has 0 atom stereocenters. The van der Waals surface area contributed by atoms with Gasteiger partial charge in [0.2, 0.25) is 0 Å². The third-order valence-corrected chi connectivity index (χ3v) is 3.33. The van der Waals surface area contributed by atoms with Crippen LogP contribution in [0.3, 0.4) is 0 Å². The topological polar surface area (TPSA) is 3.24 Å². The van der Waals surface area contributed by atoms with Gasteiger partial charge in [-0.15, -0.1) is 0 Å². The largest absolute Gasteiger partial charge is 0.298 e. The molecule has 0 spiro atoms. The van der Waals surface area contributed by atoms with Gasteiger partial charge < -0.3 is 0 Å². The van der Waals surface area contributed by atoms with Gasteiger partial charge in [0.15, 0.2) is 0 Å². The first-order chi connectivity index (χ1) is 6.40. The van der Waals surface area contributed by atoms with E-state index in [0.29, 0.717) is 5.41 Å². The lowest BCUT2D eigenvalue weighted by Crippen LogP contribution is -2.45. The average Bonchev–Trinajstić information content (AvgIpc) is 1.90. The molecular formula is C13H27N. The molecule has 1 fully saturated rings. The van der Waals surface area contributed by atoms with Crippen LogP contribution in [0.15, 0.2) is 0 Å². The fraction of sp³-hybridized carbons (Fsp3) is 1.00. The van der Waals surface area contributed by atoms with Gasteiger partial charge in [0.05, 0.1) is 0 Å². The monoisotopic (exact) mass is 197 g/mol. The van der Waals surface area contributed by atoms with Crippen LogP contribution >= 0.6 is 0 Å². The molecule has 1 aliphatic rings. The first kappa shape index (κ1) is 12.0. The van der Waals surface area contributed by atoms with E-state index in [0.717, 1.165) is 12.1 Å². The van der Waals surface area contributed by atoms with Crippen molar-refractivity contribution in [3.05, 3.63) is 0 Å². The molecule has 0 heterocycles. The maximum atomic E-state index is 2.70. The Kier molecular flexibility index (Phi) is 4.00. The molecule has 0 amide bonds. The van der Waals surface area contributed by atoms with E-state index in [1.807, 2.05) is 0 Å². The highest BCUT2D eigenvalue weighted by molar-refractivity contribution is 4.82. The summed E-state index contributed by atoms with van der Waals surface area (Å²) in [7, 11) is 0. The van der Waals surface area contributed by atoms with Crippen molar-refractivity contribution < 1.29 is 0 Å². The van der Waals surface area contributed by atoms with Gasteiger partial charge in [-0.05, 0) is 45.1 Å². The molecule has 1 nitrogen and oxygen atoms in total. The highest BCUT2D eigenvalue weighted by Gasteiger charge is 2.27. The Morgan fingerprint density at radius 2 is 1.79 bits per heavy atom. The van der Waals surface area contributed by atoms with Gasteiger partial charge in [-0.1, -0.05) is 27.2 Å². The van der Waals surface area contributed by atoms with Gasteiger partial charge in [0.1, 0.15) is 0 Å². The van der Waals surface area contributed by atoms with Gasteiger partial charge >= 0.3 is 0 Å². The Morgan fingerprint density at radius 1 is 1.21 bits per heavy atom. The Labute approximate surface area is 89.9 Å². The molecule has 0 unspecified atom stereocenters. The minimum absolute atomic E-state index is 0.483. The third-order valence-electron chi connectivity index (χ3n) is 3.33. The summed E-state index contributed by atoms with van der Waals surface area (Å²) in [5.74, 6) is 0. The molecule has 0 aromatic heterocycles. The van der Waals surface area contributed by atoms with E-state index in [9.17, 15) is 0 Å². The quantitative estimate of drug-likeness (QED) is 0.664. The van der Waals surface area contributed by atoms with Crippen molar-refractivity contribution in [2.45, 2.75) is 72.4 Å². The second-order valence-electron chi connectivity index (χ2n) is 6.23. The smallest absolute Gasteiger partial charge is 0.00979 e. The Balaban J connectivity index is 2.35. The van der Waals surface area contributed by atoms with Crippen molar-refractivity contribution in [2.24, 2.45) is 5.41 Å². The van der Waals surface area contributed by atoms with E-state index >= 15 is 0 Å².